The van der Waals surface area contributed by atoms with E-state index in [0.717, 1.165) is 48.4 Å². The predicted octanol–water partition coefficient (Wildman–Crippen LogP) is 3.83. The van der Waals surface area contributed by atoms with Gasteiger partial charge in [-0.2, -0.15) is 0 Å². The van der Waals surface area contributed by atoms with Crippen LogP contribution in [-0.2, 0) is 29.0 Å². The smallest absolute Gasteiger partial charge is 0.244 e. The van der Waals surface area contributed by atoms with Crippen molar-refractivity contribution >= 4 is 23.8 Å². The zero-order valence-electron chi connectivity index (χ0n) is 23.4. The Labute approximate surface area is 226 Å². The minimum Gasteiger partial charge on any atom is -0.497 e. The zero-order valence-corrected chi connectivity index (χ0v) is 24.2. The van der Waals surface area contributed by atoms with Gasteiger partial charge in [0.25, 0.3) is 0 Å². The van der Waals surface area contributed by atoms with Crippen LogP contribution in [0, 0.1) is 13.8 Å². The normalized spacial score (nSPS) is 14.6. The van der Waals surface area contributed by atoms with Crippen LogP contribution in [0.4, 0.5) is 0 Å². The van der Waals surface area contributed by atoms with Crippen LogP contribution in [0.1, 0.15) is 41.2 Å². The summed E-state index contributed by atoms with van der Waals surface area (Å²) in [6, 6.07) is 10.0. The Morgan fingerprint density at radius 3 is 2.38 bits per heavy atom. The van der Waals surface area contributed by atoms with Crippen LogP contribution < -0.4 is 10.1 Å². The van der Waals surface area contributed by atoms with E-state index >= 15 is 0 Å². The molecule has 0 aromatic heterocycles. The first-order valence-corrected chi connectivity index (χ1v) is 13.7. The molecule has 0 saturated carbocycles. The lowest BCUT2D eigenvalue weighted by Gasteiger charge is -2.23. The largest absolute Gasteiger partial charge is 0.497 e. The topological polar surface area (TPSA) is 65.1 Å². The summed E-state index contributed by atoms with van der Waals surface area (Å²) in [5.74, 6) is 0.633. The van der Waals surface area contributed by atoms with Gasteiger partial charge < -0.3 is 19.9 Å². The van der Waals surface area contributed by atoms with Crippen LogP contribution in [0.5, 0.6) is 5.75 Å². The molecule has 1 atom stereocenters. The summed E-state index contributed by atoms with van der Waals surface area (Å²) < 4.78 is 7.39. The van der Waals surface area contributed by atoms with Gasteiger partial charge in [0.2, 0.25) is 11.8 Å². The lowest BCUT2D eigenvalue weighted by Crippen LogP contribution is -2.45. The van der Waals surface area contributed by atoms with Crippen molar-refractivity contribution in [3.8, 4) is 5.75 Å². The fraction of sp³-hybridized carbons (Fsp3) is 0.517. The van der Waals surface area contributed by atoms with Gasteiger partial charge in [0.05, 0.1) is 7.11 Å². The maximum atomic E-state index is 13.0. The number of methoxy groups -OCH3 is 1. The Bertz CT molecular complexity index is 1080. The number of hydrogen-bond donors (Lipinski definition) is 1. The van der Waals surface area contributed by atoms with Crippen molar-refractivity contribution in [1.29, 1.82) is 0 Å². The van der Waals surface area contributed by atoms with Crippen molar-refractivity contribution in [2.45, 2.75) is 57.5 Å². The molecular weight excluding hydrogens is 484 g/mol. The monoisotopic (exact) mass is 526 g/mol. The molecule has 2 amide bonds. The highest BCUT2D eigenvalue weighted by atomic mass is 32.2. The summed E-state index contributed by atoms with van der Waals surface area (Å²) in [5.41, 5.74) is 6.19. The number of carbonyl (C=O) groups excluding carboxylic acids is 2. The number of nitrogens with zero attached hydrogens (tertiary/aromatic N) is 3. The van der Waals surface area contributed by atoms with Crippen LogP contribution in [0.25, 0.3) is 0 Å². The lowest BCUT2D eigenvalue weighted by molar-refractivity contribution is -0.135. The average molecular weight is 527 g/mol. The number of hydrogen-bond acceptors (Lipinski definition) is 6. The second-order valence-electron chi connectivity index (χ2n) is 10.2. The quantitative estimate of drug-likeness (QED) is 0.475. The molecule has 1 aliphatic heterocycles. The summed E-state index contributed by atoms with van der Waals surface area (Å²) in [4.78, 5) is 30.8. The summed E-state index contributed by atoms with van der Waals surface area (Å²) in [5, 5.41) is 2.88. The SMILES string of the molecule is COc1cc(C)c(SN(C)CCC(=O)NC(C)C(=O)N(C)Cc2ccc3c(c2)CCN(C)CC3)c(C)c1. The highest BCUT2D eigenvalue weighted by Gasteiger charge is 2.21. The maximum Gasteiger partial charge on any atom is 0.244 e. The van der Waals surface area contributed by atoms with Crippen molar-refractivity contribution in [1.82, 2.24) is 19.4 Å². The average Bonchev–Trinajstić information content (AvgIpc) is 3.05. The molecule has 1 unspecified atom stereocenters. The van der Waals surface area contributed by atoms with Crippen molar-refractivity contribution < 1.29 is 14.3 Å². The molecule has 1 aliphatic rings. The molecule has 37 heavy (non-hydrogen) atoms. The molecule has 1 N–H and O–H groups in total. The lowest BCUT2D eigenvalue weighted by atomic mass is 10.00. The van der Waals surface area contributed by atoms with E-state index in [1.165, 1.54) is 16.0 Å². The fourth-order valence-electron chi connectivity index (χ4n) is 4.68. The third-order valence-electron chi connectivity index (χ3n) is 6.91. The summed E-state index contributed by atoms with van der Waals surface area (Å²) >= 11 is 1.62. The van der Waals surface area contributed by atoms with Crippen molar-refractivity contribution in [3.63, 3.8) is 0 Å². The Hall–Kier alpha value is -2.55. The van der Waals surface area contributed by atoms with Crippen LogP contribution in [0.3, 0.4) is 0 Å². The predicted molar refractivity (Wildman–Crippen MR) is 151 cm³/mol. The van der Waals surface area contributed by atoms with Gasteiger partial charge in [0.1, 0.15) is 11.8 Å². The van der Waals surface area contributed by atoms with E-state index in [4.69, 9.17) is 4.74 Å². The molecule has 0 spiro atoms. The van der Waals surface area contributed by atoms with Crippen LogP contribution >= 0.6 is 11.9 Å². The molecule has 2 aromatic carbocycles. The molecule has 0 aliphatic carbocycles. The third kappa shape index (κ3) is 8.22. The molecule has 0 radical (unpaired) electrons. The van der Waals surface area contributed by atoms with Crippen LogP contribution in [0.15, 0.2) is 35.2 Å². The van der Waals surface area contributed by atoms with Gasteiger partial charge >= 0.3 is 0 Å². The first-order chi connectivity index (χ1) is 17.6. The Kier molecular flexibility index (Phi) is 10.4. The summed E-state index contributed by atoms with van der Waals surface area (Å²) in [6.45, 7) is 9.12. The Balaban J connectivity index is 1.47. The number of carbonyl (C=O) groups is 2. The van der Waals surface area contributed by atoms with Gasteiger partial charge in [-0.3, -0.25) is 9.59 Å². The number of rotatable bonds is 10. The van der Waals surface area contributed by atoms with Gasteiger partial charge in [-0.05, 0) is 99.6 Å². The number of benzene rings is 2. The number of amides is 2. The van der Waals surface area contributed by atoms with Crippen molar-refractivity contribution in [2.75, 3.05) is 47.9 Å². The highest BCUT2D eigenvalue weighted by Crippen LogP contribution is 2.31. The van der Waals surface area contributed by atoms with E-state index in [1.54, 1.807) is 37.9 Å². The summed E-state index contributed by atoms with van der Waals surface area (Å²) in [7, 11) is 7.61. The van der Waals surface area contributed by atoms with Gasteiger partial charge in [-0.25, -0.2) is 4.31 Å². The Morgan fingerprint density at radius 2 is 1.73 bits per heavy atom. The van der Waals surface area contributed by atoms with Gasteiger partial charge in [0.15, 0.2) is 0 Å². The van der Waals surface area contributed by atoms with Gasteiger partial charge in [-0.15, -0.1) is 0 Å². The standard InChI is InChI=1S/C29H42N4O3S/c1-20-16-26(36-7)17-21(2)28(20)37-33(6)15-12-27(34)30-22(3)29(35)32(5)19-23-8-9-24-10-13-31(4)14-11-25(24)18-23/h8-9,16-18,22H,10-15,19H2,1-7H3,(H,30,34). The highest BCUT2D eigenvalue weighted by molar-refractivity contribution is 7.97. The number of nitrogens with one attached hydrogen (secondary N) is 1. The first kappa shape index (κ1) is 29.0. The van der Waals surface area contributed by atoms with E-state index in [0.29, 0.717) is 19.5 Å². The molecule has 0 saturated heterocycles. The van der Waals surface area contributed by atoms with E-state index in [1.807, 2.05) is 19.2 Å². The molecule has 8 heteroatoms. The molecule has 1 heterocycles. The van der Waals surface area contributed by atoms with Gasteiger partial charge in [-0.1, -0.05) is 18.2 Å². The van der Waals surface area contributed by atoms with Crippen molar-refractivity contribution in [3.05, 3.63) is 58.1 Å². The number of fused-ring (bicyclic) bond motifs is 1. The fourth-order valence-corrected chi connectivity index (χ4v) is 5.58. The van der Waals surface area contributed by atoms with Crippen LogP contribution in [-0.4, -0.2) is 79.8 Å². The minimum atomic E-state index is -0.573. The summed E-state index contributed by atoms with van der Waals surface area (Å²) in [6.07, 6.45) is 2.42. The van der Waals surface area contributed by atoms with E-state index in [9.17, 15) is 9.59 Å². The number of ether oxygens (including phenoxy) is 1. The van der Waals surface area contributed by atoms with E-state index in [2.05, 4.69) is 53.6 Å². The zero-order chi connectivity index (χ0) is 27.1. The van der Waals surface area contributed by atoms with E-state index < -0.39 is 6.04 Å². The van der Waals surface area contributed by atoms with Gasteiger partial charge in [0, 0.05) is 44.5 Å². The molecule has 0 bridgehead atoms. The second-order valence-corrected chi connectivity index (χ2v) is 11.4. The molecule has 202 valence electrons. The Morgan fingerprint density at radius 1 is 1.08 bits per heavy atom. The van der Waals surface area contributed by atoms with E-state index in [-0.39, 0.29) is 11.8 Å². The maximum absolute atomic E-state index is 13.0. The molecule has 3 rings (SSSR count). The molecule has 0 fully saturated rings. The molecular formula is C29H42N4O3S. The minimum absolute atomic E-state index is 0.0877. The number of likely N-dealkylation sites (N-methyl/N-ethyl adjacent to an activating group) is 2. The second kappa shape index (κ2) is 13.3. The third-order valence-corrected chi connectivity index (χ3v) is 8.23. The molecule has 2 aromatic rings. The molecule has 7 nitrogen and oxygen atoms in total. The first-order valence-electron chi connectivity index (χ1n) is 12.9. The van der Waals surface area contributed by atoms with Crippen LogP contribution in [0.2, 0.25) is 0 Å². The van der Waals surface area contributed by atoms with Crippen molar-refractivity contribution in [2.24, 2.45) is 0 Å². The number of aryl methyl sites for hydroxylation is 2.